The number of hydrogen-bond donors (Lipinski definition) is 2. The lowest BCUT2D eigenvalue weighted by Crippen LogP contribution is -2.89. The molecule has 1 aromatic heterocycles. The number of fused-ring (bicyclic) bond motifs is 5. The molecule has 2 aliphatic heterocycles. The van der Waals surface area contributed by atoms with Crippen LogP contribution in [0.3, 0.4) is 0 Å². The first-order valence-electron chi connectivity index (χ1n) is 17.3. The fourth-order valence-corrected chi connectivity index (χ4v) is 8.96. The topological polar surface area (TPSA) is 247 Å². The molecule has 296 valence electrons. The molecule has 18 heteroatoms. The third kappa shape index (κ3) is 6.17. The van der Waals surface area contributed by atoms with E-state index in [2.05, 4.69) is 4.98 Å². The van der Waals surface area contributed by atoms with E-state index in [9.17, 15) is 43.8 Å². The lowest BCUT2D eigenvalue weighted by atomic mass is 9.45. The summed E-state index contributed by atoms with van der Waals surface area (Å²) < 4.78 is 47.5. The van der Waals surface area contributed by atoms with Crippen molar-refractivity contribution in [3.8, 4) is 0 Å². The molecule has 0 aromatic carbocycles. The van der Waals surface area contributed by atoms with E-state index in [0.29, 0.717) is 0 Å². The van der Waals surface area contributed by atoms with E-state index in [4.69, 9.17) is 37.9 Å². The highest BCUT2D eigenvalue weighted by molar-refractivity contribution is 5.91. The summed E-state index contributed by atoms with van der Waals surface area (Å²) in [6.07, 6.45) is -10.5. The van der Waals surface area contributed by atoms with Crippen LogP contribution < -0.4 is 0 Å². The molecule has 54 heavy (non-hydrogen) atoms. The summed E-state index contributed by atoms with van der Waals surface area (Å²) in [6.45, 7) is 8.75. The number of aliphatic hydroxyl groups is 2. The van der Waals surface area contributed by atoms with E-state index < -0.39 is 132 Å². The van der Waals surface area contributed by atoms with Gasteiger partial charge < -0.3 is 48.1 Å². The van der Waals surface area contributed by atoms with Crippen molar-refractivity contribution in [2.75, 3.05) is 13.2 Å². The van der Waals surface area contributed by atoms with Crippen molar-refractivity contribution in [2.24, 2.45) is 17.3 Å². The molecule has 5 rings (SSSR count). The van der Waals surface area contributed by atoms with Crippen LogP contribution in [0.15, 0.2) is 18.3 Å². The van der Waals surface area contributed by atoms with Crippen molar-refractivity contribution >= 4 is 41.8 Å². The number of hydrogen-bond acceptors (Lipinski definition) is 18. The molecule has 13 atom stereocenters. The van der Waals surface area contributed by atoms with Crippen LogP contribution in [-0.2, 0) is 66.7 Å². The highest BCUT2D eigenvalue weighted by Crippen LogP contribution is 2.69. The molecule has 1 spiro atoms. The summed E-state index contributed by atoms with van der Waals surface area (Å²) in [6, 6.07) is 2.91. The molecule has 0 radical (unpaired) electrons. The normalized spacial score (nSPS) is 39.8. The largest absolute Gasteiger partial charge is 0.465 e. The van der Waals surface area contributed by atoms with Crippen LogP contribution in [0.1, 0.15) is 84.3 Å². The van der Waals surface area contributed by atoms with E-state index >= 15 is 0 Å². The molecule has 2 N–H and O–H groups in total. The molecule has 3 heterocycles. The summed E-state index contributed by atoms with van der Waals surface area (Å²) in [5, 5.41) is 25.9. The van der Waals surface area contributed by atoms with Crippen LogP contribution in [0.4, 0.5) is 0 Å². The van der Waals surface area contributed by atoms with Crippen LogP contribution >= 0.6 is 0 Å². The number of carbonyl (C=O) groups excluding carboxylic acids is 7. The second kappa shape index (κ2) is 14.2. The second-order valence-electron chi connectivity index (χ2n) is 14.7. The van der Waals surface area contributed by atoms with Gasteiger partial charge in [0.1, 0.15) is 41.5 Å². The van der Waals surface area contributed by atoms with Crippen LogP contribution in [0.25, 0.3) is 0 Å². The average Bonchev–Trinajstić information content (AvgIpc) is 3.27. The molecule has 3 fully saturated rings. The van der Waals surface area contributed by atoms with Crippen LogP contribution in [0.5, 0.6) is 0 Å². The highest BCUT2D eigenvalue weighted by Gasteiger charge is 2.90. The number of esters is 7. The zero-order valence-corrected chi connectivity index (χ0v) is 31.3. The Hall–Kier alpha value is -4.68. The maximum Gasteiger partial charge on any atom is 0.340 e. The van der Waals surface area contributed by atoms with E-state index in [1.165, 1.54) is 32.2 Å². The lowest BCUT2D eigenvalue weighted by Gasteiger charge is -2.67. The predicted octanol–water partition coefficient (Wildman–Crippen LogP) is 0.463. The number of aromatic nitrogens is 1. The Morgan fingerprint density at radius 3 is 1.96 bits per heavy atom. The van der Waals surface area contributed by atoms with Gasteiger partial charge in [-0.1, -0.05) is 13.8 Å². The van der Waals surface area contributed by atoms with Crippen LogP contribution in [0, 0.1) is 17.3 Å². The summed E-state index contributed by atoms with van der Waals surface area (Å²) in [5.41, 5.74) is -9.93. The van der Waals surface area contributed by atoms with Crippen molar-refractivity contribution in [1.29, 1.82) is 0 Å². The van der Waals surface area contributed by atoms with Crippen molar-refractivity contribution in [1.82, 2.24) is 4.98 Å². The molecule has 18 nitrogen and oxygen atoms in total. The van der Waals surface area contributed by atoms with Gasteiger partial charge in [0.15, 0.2) is 24.4 Å². The van der Waals surface area contributed by atoms with Gasteiger partial charge in [-0.15, -0.1) is 0 Å². The average molecular weight is 764 g/mol. The van der Waals surface area contributed by atoms with Gasteiger partial charge in [0.25, 0.3) is 0 Å². The number of nitrogens with zero attached hydrogens (tertiary/aromatic N) is 1. The van der Waals surface area contributed by atoms with E-state index in [1.54, 1.807) is 6.92 Å². The minimum Gasteiger partial charge on any atom is -0.465 e. The van der Waals surface area contributed by atoms with Gasteiger partial charge in [-0.3, -0.25) is 33.8 Å². The first-order chi connectivity index (χ1) is 25.1. The molecule has 1 saturated heterocycles. The summed E-state index contributed by atoms with van der Waals surface area (Å²) >= 11 is 0. The quantitative estimate of drug-likeness (QED) is 0.295. The second-order valence-corrected chi connectivity index (χ2v) is 14.7. The van der Waals surface area contributed by atoms with Gasteiger partial charge >= 0.3 is 41.8 Å². The fourth-order valence-electron chi connectivity index (χ4n) is 8.96. The van der Waals surface area contributed by atoms with E-state index in [1.807, 2.05) is 0 Å². The lowest BCUT2D eigenvalue weighted by molar-refractivity contribution is -0.386. The minimum absolute atomic E-state index is 0.0246. The standard InChI is InChI=1S/C36H45NO17/c1-15-16(2)31(44)53-28-26(50-19(5)40)30(52-21(7)42)35(14-47-17(3)38)29(51-20(6)41)25(49-18(4)39)23-27(43)36(35,34(28,9)46)54-33(23,8)13-48-32(45)22-11-10-12-37-24(15)22/h10-12,15-16,23,25-30,43,46H,13-14H2,1-9H3. The van der Waals surface area contributed by atoms with Crippen molar-refractivity contribution in [3.05, 3.63) is 29.6 Å². The first kappa shape index (κ1) is 40.5. The third-order valence-electron chi connectivity index (χ3n) is 11.2. The first-order valence-corrected chi connectivity index (χ1v) is 17.3. The molecular formula is C36H45NO17. The van der Waals surface area contributed by atoms with Crippen molar-refractivity contribution in [3.63, 3.8) is 0 Å². The van der Waals surface area contributed by atoms with E-state index in [0.717, 1.165) is 41.5 Å². The number of aliphatic hydroxyl groups excluding tert-OH is 1. The molecular weight excluding hydrogens is 718 g/mol. The Balaban J connectivity index is 1.95. The number of ether oxygens (including phenoxy) is 8. The van der Waals surface area contributed by atoms with Gasteiger partial charge in [0, 0.05) is 46.7 Å². The van der Waals surface area contributed by atoms with Crippen molar-refractivity contribution < 1.29 is 81.7 Å². The Labute approximate surface area is 310 Å². The Kier molecular flexibility index (Phi) is 10.6. The molecule has 2 saturated carbocycles. The number of cyclic esters (lactones) is 1. The van der Waals surface area contributed by atoms with Gasteiger partial charge in [0.05, 0.1) is 29.2 Å². The van der Waals surface area contributed by atoms with Gasteiger partial charge in [0.2, 0.25) is 0 Å². The highest BCUT2D eigenvalue weighted by atomic mass is 16.7. The molecule has 2 aliphatic carbocycles. The Bertz CT molecular complexity index is 1740. The molecule has 4 aliphatic rings. The Morgan fingerprint density at radius 2 is 1.41 bits per heavy atom. The van der Waals surface area contributed by atoms with Gasteiger partial charge in [-0.25, -0.2) is 4.79 Å². The zero-order chi connectivity index (χ0) is 40.3. The maximum atomic E-state index is 14.2. The van der Waals surface area contributed by atoms with Crippen LogP contribution in [0.2, 0.25) is 0 Å². The Morgan fingerprint density at radius 1 is 0.852 bits per heavy atom. The third-order valence-corrected chi connectivity index (χ3v) is 11.2. The molecule has 0 amide bonds. The minimum atomic E-state index is -2.78. The maximum absolute atomic E-state index is 14.2. The van der Waals surface area contributed by atoms with Crippen molar-refractivity contribution in [2.45, 2.75) is 122 Å². The van der Waals surface area contributed by atoms with Gasteiger partial charge in [-0.2, -0.15) is 0 Å². The molecule has 4 bridgehead atoms. The number of rotatable bonds is 6. The fraction of sp³-hybridized carbons (Fsp3) is 0.667. The molecule has 1 aromatic rings. The predicted molar refractivity (Wildman–Crippen MR) is 176 cm³/mol. The van der Waals surface area contributed by atoms with E-state index in [-0.39, 0.29) is 11.3 Å². The number of carbonyl (C=O) groups is 7. The smallest absolute Gasteiger partial charge is 0.340 e. The zero-order valence-electron chi connectivity index (χ0n) is 31.3. The van der Waals surface area contributed by atoms with Crippen LogP contribution in [-0.4, -0.2) is 124 Å². The summed E-state index contributed by atoms with van der Waals surface area (Å²) in [7, 11) is 0. The SMILES string of the molecule is CC(=O)OCC12C(OC(C)=O)C(OC(C)=O)C3C(O)C14OC3(C)COC(=O)c1cccnc1C(C)C(C)C(=O)OC(C(OC(C)=O)C2OC(C)=O)C4(C)O. The summed E-state index contributed by atoms with van der Waals surface area (Å²) in [4.78, 5) is 96.9. The number of pyridine rings is 1. The van der Waals surface area contributed by atoms with Gasteiger partial charge in [-0.05, 0) is 26.0 Å². The summed E-state index contributed by atoms with van der Waals surface area (Å²) in [5.74, 6) is -10.5. The monoisotopic (exact) mass is 763 g/mol. The molecule has 13 unspecified atom stereocenters.